The maximum Gasteiger partial charge on any atom is 0.251 e. The summed E-state index contributed by atoms with van der Waals surface area (Å²) in [7, 11) is 0. The lowest BCUT2D eigenvalue weighted by molar-refractivity contribution is -0.125. The first-order valence-corrected chi connectivity index (χ1v) is 11.5. The molecule has 0 aliphatic carbocycles. The Balaban J connectivity index is 1.23. The van der Waals surface area contributed by atoms with Crippen LogP contribution in [0.3, 0.4) is 0 Å². The van der Waals surface area contributed by atoms with Gasteiger partial charge >= 0.3 is 0 Å². The maximum absolute atomic E-state index is 12.6. The smallest absolute Gasteiger partial charge is 0.251 e. The monoisotopic (exact) mass is 465 g/mol. The summed E-state index contributed by atoms with van der Waals surface area (Å²) >= 11 is 0. The van der Waals surface area contributed by atoms with Crippen molar-refractivity contribution in [1.29, 1.82) is 0 Å². The molecule has 35 heavy (non-hydrogen) atoms. The Bertz CT molecular complexity index is 1340. The van der Waals surface area contributed by atoms with Crippen LogP contribution in [0.2, 0.25) is 0 Å². The lowest BCUT2D eigenvalue weighted by Crippen LogP contribution is -2.42. The highest BCUT2D eigenvalue weighted by atomic mass is 16.2. The number of carbonyl (C=O) groups is 3. The Kier molecular flexibility index (Phi) is 7.86. The van der Waals surface area contributed by atoms with E-state index in [0.29, 0.717) is 12.1 Å². The Labute approximate surface area is 204 Å². The molecule has 0 saturated heterocycles. The first kappa shape index (κ1) is 23.7. The molecule has 6 heteroatoms. The quantitative estimate of drug-likeness (QED) is 0.352. The van der Waals surface area contributed by atoms with E-state index < -0.39 is 5.91 Å². The fraction of sp³-hybridized carbons (Fsp3) is 0.138. The molecule has 4 rings (SSSR count). The maximum atomic E-state index is 12.6. The van der Waals surface area contributed by atoms with Gasteiger partial charge < -0.3 is 16.0 Å². The Morgan fingerprint density at radius 3 is 2.09 bits per heavy atom. The van der Waals surface area contributed by atoms with E-state index in [1.807, 2.05) is 60.7 Å². The van der Waals surface area contributed by atoms with Gasteiger partial charge in [0.1, 0.15) is 0 Å². The molecule has 4 aromatic rings. The number of fused-ring (bicyclic) bond motifs is 1. The van der Waals surface area contributed by atoms with Gasteiger partial charge in [-0.25, -0.2) is 0 Å². The molecule has 4 aromatic carbocycles. The average molecular weight is 466 g/mol. The van der Waals surface area contributed by atoms with Gasteiger partial charge in [0.15, 0.2) is 0 Å². The molecule has 0 aliphatic rings. The topological polar surface area (TPSA) is 87.3 Å². The lowest BCUT2D eigenvalue weighted by atomic mass is 9.99. The highest BCUT2D eigenvalue weighted by Gasteiger charge is 2.11. The minimum absolute atomic E-state index is 0.138. The molecule has 0 atom stereocenters. The molecular formula is C29H27N3O3. The van der Waals surface area contributed by atoms with Crippen LogP contribution in [-0.2, 0) is 16.0 Å². The van der Waals surface area contributed by atoms with E-state index in [2.05, 4.69) is 40.2 Å². The summed E-state index contributed by atoms with van der Waals surface area (Å²) < 4.78 is 0. The highest BCUT2D eigenvalue weighted by Crippen LogP contribution is 2.25. The van der Waals surface area contributed by atoms with Crippen molar-refractivity contribution in [2.24, 2.45) is 0 Å². The number of nitrogens with one attached hydrogen (secondary N) is 3. The number of rotatable bonds is 9. The Hall–Kier alpha value is -4.45. The summed E-state index contributed by atoms with van der Waals surface area (Å²) in [5, 5.41) is 10.2. The summed E-state index contributed by atoms with van der Waals surface area (Å²) in [6, 6.07) is 31.4. The Morgan fingerprint density at radius 2 is 1.26 bits per heavy atom. The van der Waals surface area contributed by atoms with Crippen LogP contribution in [0.25, 0.3) is 21.9 Å². The van der Waals surface area contributed by atoms with Gasteiger partial charge in [0.05, 0.1) is 13.1 Å². The second-order valence-electron chi connectivity index (χ2n) is 8.19. The normalized spacial score (nSPS) is 10.5. The van der Waals surface area contributed by atoms with Crippen LogP contribution in [0.4, 0.5) is 0 Å². The molecule has 3 N–H and O–H groups in total. The van der Waals surface area contributed by atoms with Gasteiger partial charge in [-0.3, -0.25) is 14.4 Å². The van der Waals surface area contributed by atoms with E-state index in [4.69, 9.17) is 0 Å². The van der Waals surface area contributed by atoms with Gasteiger partial charge in [0.25, 0.3) is 5.91 Å². The van der Waals surface area contributed by atoms with Gasteiger partial charge in [0, 0.05) is 12.1 Å². The zero-order chi connectivity index (χ0) is 24.5. The molecule has 0 saturated carbocycles. The molecule has 176 valence electrons. The molecule has 0 bridgehead atoms. The zero-order valence-electron chi connectivity index (χ0n) is 19.3. The molecular weight excluding hydrogens is 438 g/mol. The summed E-state index contributed by atoms with van der Waals surface area (Å²) in [4.78, 5) is 36.6. The molecule has 0 heterocycles. The summed E-state index contributed by atoms with van der Waals surface area (Å²) in [5.41, 5.74) is 3.51. The van der Waals surface area contributed by atoms with Gasteiger partial charge in [-0.2, -0.15) is 0 Å². The molecule has 0 unspecified atom stereocenters. The average Bonchev–Trinajstić information content (AvgIpc) is 2.91. The fourth-order valence-electron chi connectivity index (χ4n) is 3.77. The van der Waals surface area contributed by atoms with Crippen molar-refractivity contribution in [2.45, 2.75) is 6.42 Å². The minimum atomic E-state index is -0.428. The SMILES string of the molecule is O=C(CNC(=O)CNC(=O)c1cccc(-c2ccc3ccccc3c2)c1)NCCc1ccccc1. The largest absolute Gasteiger partial charge is 0.354 e. The molecule has 3 amide bonds. The van der Waals surface area contributed by atoms with Gasteiger partial charge in [-0.05, 0) is 52.1 Å². The third-order valence-corrected chi connectivity index (χ3v) is 5.64. The van der Waals surface area contributed by atoms with Crippen molar-refractivity contribution in [3.05, 3.63) is 108 Å². The minimum Gasteiger partial charge on any atom is -0.354 e. The van der Waals surface area contributed by atoms with Crippen molar-refractivity contribution >= 4 is 28.5 Å². The van der Waals surface area contributed by atoms with E-state index in [0.717, 1.165) is 33.9 Å². The van der Waals surface area contributed by atoms with Crippen LogP contribution >= 0.6 is 0 Å². The second kappa shape index (κ2) is 11.6. The summed E-state index contributed by atoms with van der Waals surface area (Å²) in [5.74, 6) is -1.05. The van der Waals surface area contributed by atoms with Crippen LogP contribution < -0.4 is 16.0 Å². The third kappa shape index (κ3) is 6.77. The van der Waals surface area contributed by atoms with Gasteiger partial charge in [-0.1, -0.05) is 78.9 Å². The van der Waals surface area contributed by atoms with Crippen molar-refractivity contribution in [2.75, 3.05) is 19.6 Å². The number of hydrogen-bond acceptors (Lipinski definition) is 3. The van der Waals surface area contributed by atoms with E-state index in [1.54, 1.807) is 12.1 Å². The third-order valence-electron chi connectivity index (χ3n) is 5.64. The van der Waals surface area contributed by atoms with Gasteiger partial charge in [-0.15, -0.1) is 0 Å². The zero-order valence-corrected chi connectivity index (χ0v) is 19.3. The van der Waals surface area contributed by atoms with Crippen LogP contribution in [0, 0.1) is 0 Å². The number of carbonyl (C=O) groups excluding carboxylic acids is 3. The second-order valence-corrected chi connectivity index (χ2v) is 8.19. The summed E-state index contributed by atoms with van der Waals surface area (Å²) in [6.07, 6.45) is 0.717. The molecule has 0 spiro atoms. The highest BCUT2D eigenvalue weighted by molar-refractivity contribution is 5.98. The van der Waals surface area contributed by atoms with E-state index in [1.165, 1.54) is 0 Å². The first-order chi connectivity index (χ1) is 17.1. The Morgan fingerprint density at radius 1 is 0.571 bits per heavy atom. The van der Waals surface area contributed by atoms with E-state index in [9.17, 15) is 14.4 Å². The van der Waals surface area contributed by atoms with Crippen LogP contribution in [0.1, 0.15) is 15.9 Å². The number of hydrogen-bond donors (Lipinski definition) is 3. The predicted molar refractivity (Wildman–Crippen MR) is 138 cm³/mol. The van der Waals surface area contributed by atoms with Crippen LogP contribution in [-0.4, -0.2) is 37.4 Å². The van der Waals surface area contributed by atoms with Crippen molar-refractivity contribution in [1.82, 2.24) is 16.0 Å². The molecule has 0 aliphatic heterocycles. The van der Waals surface area contributed by atoms with Crippen molar-refractivity contribution in [3.8, 4) is 11.1 Å². The van der Waals surface area contributed by atoms with Crippen LogP contribution in [0.15, 0.2) is 97.1 Å². The van der Waals surface area contributed by atoms with Gasteiger partial charge in [0.2, 0.25) is 11.8 Å². The molecule has 0 radical (unpaired) electrons. The number of benzene rings is 4. The van der Waals surface area contributed by atoms with Crippen molar-refractivity contribution in [3.63, 3.8) is 0 Å². The first-order valence-electron chi connectivity index (χ1n) is 11.5. The van der Waals surface area contributed by atoms with Crippen molar-refractivity contribution < 1.29 is 14.4 Å². The molecule has 6 nitrogen and oxygen atoms in total. The number of amides is 3. The van der Waals surface area contributed by atoms with E-state index >= 15 is 0 Å². The lowest BCUT2D eigenvalue weighted by Gasteiger charge is -2.09. The van der Waals surface area contributed by atoms with E-state index in [-0.39, 0.29) is 24.9 Å². The molecule has 0 fully saturated rings. The molecule has 0 aromatic heterocycles. The summed E-state index contributed by atoms with van der Waals surface area (Å²) in [6.45, 7) is 0.139. The predicted octanol–water partition coefficient (Wildman–Crippen LogP) is 3.71. The fourth-order valence-corrected chi connectivity index (χ4v) is 3.77. The van der Waals surface area contributed by atoms with Crippen LogP contribution in [0.5, 0.6) is 0 Å². The standard InChI is InChI=1S/C29H27N3O3/c33-27(30-16-15-21-7-2-1-3-8-21)19-31-28(34)20-32-29(35)26-12-6-11-24(18-26)25-14-13-22-9-4-5-10-23(22)17-25/h1-14,17-18H,15-16,19-20H2,(H,30,33)(H,31,34)(H,32,35).